The highest BCUT2D eigenvalue weighted by atomic mass is 79.9. The third-order valence-corrected chi connectivity index (χ3v) is 4.56. The van der Waals surface area contributed by atoms with E-state index in [1.807, 2.05) is 31.2 Å². The molecule has 1 aromatic carbocycles. The molecule has 2 atom stereocenters. The molecular formula is C15H20BrNO2. The van der Waals surface area contributed by atoms with Crippen LogP contribution in [0.15, 0.2) is 28.7 Å². The maximum absolute atomic E-state index is 12.3. The fourth-order valence-corrected chi connectivity index (χ4v) is 2.77. The van der Waals surface area contributed by atoms with Crippen molar-refractivity contribution in [2.45, 2.75) is 45.3 Å². The number of halogens is 1. The van der Waals surface area contributed by atoms with E-state index >= 15 is 0 Å². The monoisotopic (exact) mass is 325 g/mol. The van der Waals surface area contributed by atoms with Gasteiger partial charge in [-0.2, -0.15) is 0 Å². The van der Waals surface area contributed by atoms with Crippen LogP contribution in [0.2, 0.25) is 0 Å². The van der Waals surface area contributed by atoms with E-state index in [0.717, 1.165) is 35.7 Å². The third kappa shape index (κ3) is 3.37. The van der Waals surface area contributed by atoms with Crippen LogP contribution in [-0.4, -0.2) is 12.0 Å². The lowest BCUT2D eigenvalue weighted by molar-refractivity contribution is -0.159. The number of esters is 1. The van der Waals surface area contributed by atoms with Gasteiger partial charge in [-0.05, 0) is 37.5 Å². The van der Waals surface area contributed by atoms with Gasteiger partial charge in [0.15, 0.2) is 0 Å². The van der Waals surface area contributed by atoms with Crippen LogP contribution < -0.4 is 5.73 Å². The van der Waals surface area contributed by atoms with Gasteiger partial charge in [-0.3, -0.25) is 4.79 Å². The Kier molecular flexibility index (Phi) is 4.63. The summed E-state index contributed by atoms with van der Waals surface area (Å²) < 4.78 is 6.46. The molecule has 1 aromatic rings. The molecule has 0 spiro atoms. The normalized spacial score (nSPS) is 27.0. The lowest BCUT2D eigenvalue weighted by atomic mass is 9.72. The van der Waals surface area contributed by atoms with Crippen molar-refractivity contribution in [3.05, 3.63) is 34.3 Å². The summed E-state index contributed by atoms with van der Waals surface area (Å²) in [4.78, 5) is 12.3. The molecule has 1 fully saturated rings. The van der Waals surface area contributed by atoms with Gasteiger partial charge in [0.25, 0.3) is 0 Å². The zero-order chi connectivity index (χ0) is 13.9. The SMILES string of the molecule is CC1(C(=O)OCc2ccc(Br)cc2)CCCCC1N. The Hall–Kier alpha value is -0.870. The highest BCUT2D eigenvalue weighted by molar-refractivity contribution is 9.10. The summed E-state index contributed by atoms with van der Waals surface area (Å²) in [5.74, 6) is -0.164. The summed E-state index contributed by atoms with van der Waals surface area (Å²) in [5.41, 5.74) is 6.57. The van der Waals surface area contributed by atoms with Crippen molar-refractivity contribution in [3.8, 4) is 0 Å². The van der Waals surface area contributed by atoms with Gasteiger partial charge in [-0.25, -0.2) is 0 Å². The molecule has 0 saturated heterocycles. The number of rotatable bonds is 3. The van der Waals surface area contributed by atoms with Gasteiger partial charge in [0, 0.05) is 10.5 Å². The molecule has 19 heavy (non-hydrogen) atoms. The Balaban J connectivity index is 1.95. The van der Waals surface area contributed by atoms with Gasteiger partial charge >= 0.3 is 5.97 Å². The summed E-state index contributed by atoms with van der Waals surface area (Å²) in [6, 6.07) is 7.69. The second kappa shape index (κ2) is 6.06. The summed E-state index contributed by atoms with van der Waals surface area (Å²) in [6.07, 6.45) is 3.89. The molecule has 0 bridgehead atoms. The molecule has 1 aliphatic rings. The maximum Gasteiger partial charge on any atom is 0.313 e. The van der Waals surface area contributed by atoms with Crippen molar-refractivity contribution in [1.82, 2.24) is 0 Å². The van der Waals surface area contributed by atoms with Gasteiger partial charge < -0.3 is 10.5 Å². The van der Waals surface area contributed by atoms with Crippen LogP contribution in [0.4, 0.5) is 0 Å². The number of hydrogen-bond donors (Lipinski definition) is 1. The smallest absolute Gasteiger partial charge is 0.313 e. The minimum absolute atomic E-state index is 0.0846. The first-order chi connectivity index (χ1) is 9.02. The van der Waals surface area contributed by atoms with E-state index in [1.54, 1.807) is 0 Å². The highest BCUT2D eigenvalue weighted by Crippen LogP contribution is 2.36. The van der Waals surface area contributed by atoms with E-state index < -0.39 is 5.41 Å². The van der Waals surface area contributed by atoms with E-state index in [0.29, 0.717) is 6.61 Å². The molecule has 3 nitrogen and oxygen atoms in total. The van der Waals surface area contributed by atoms with Crippen LogP contribution >= 0.6 is 15.9 Å². The van der Waals surface area contributed by atoms with Crippen molar-refractivity contribution in [1.29, 1.82) is 0 Å². The van der Waals surface area contributed by atoms with Crippen molar-refractivity contribution in [2.75, 3.05) is 0 Å². The van der Waals surface area contributed by atoms with Crippen molar-refractivity contribution in [2.24, 2.45) is 11.1 Å². The molecule has 2 N–H and O–H groups in total. The van der Waals surface area contributed by atoms with E-state index in [4.69, 9.17) is 10.5 Å². The average Bonchev–Trinajstić information content (AvgIpc) is 2.41. The van der Waals surface area contributed by atoms with Gasteiger partial charge in [0.2, 0.25) is 0 Å². The van der Waals surface area contributed by atoms with E-state index in [1.165, 1.54) is 0 Å². The minimum Gasteiger partial charge on any atom is -0.460 e. The first kappa shape index (κ1) is 14.5. The van der Waals surface area contributed by atoms with Crippen LogP contribution in [0.5, 0.6) is 0 Å². The summed E-state index contributed by atoms with van der Waals surface area (Å²) >= 11 is 3.38. The summed E-state index contributed by atoms with van der Waals surface area (Å²) in [6.45, 7) is 2.25. The van der Waals surface area contributed by atoms with Crippen LogP contribution in [-0.2, 0) is 16.1 Å². The van der Waals surface area contributed by atoms with E-state index in [2.05, 4.69) is 15.9 Å². The molecule has 0 radical (unpaired) electrons. The Morgan fingerprint density at radius 2 is 2.11 bits per heavy atom. The number of carbonyl (C=O) groups is 1. The molecule has 4 heteroatoms. The van der Waals surface area contributed by atoms with Crippen LogP contribution in [0.3, 0.4) is 0 Å². The van der Waals surface area contributed by atoms with Crippen LogP contribution in [0.1, 0.15) is 38.2 Å². The largest absolute Gasteiger partial charge is 0.460 e. The van der Waals surface area contributed by atoms with Gasteiger partial charge in [0.05, 0.1) is 5.41 Å². The number of ether oxygens (including phenoxy) is 1. The van der Waals surface area contributed by atoms with Gasteiger partial charge in [-0.1, -0.05) is 40.9 Å². The molecule has 1 saturated carbocycles. The summed E-state index contributed by atoms with van der Waals surface area (Å²) in [7, 11) is 0. The topological polar surface area (TPSA) is 52.3 Å². The fraction of sp³-hybridized carbons (Fsp3) is 0.533. The molecule has 0 heterocycles. The lowest BCUT2D eigenvalue weighted by Crippen LogP contribution is -2.48. The zero-order valence-electron chi connectivity index (χ0n) is 11.2. The third-order valence-electron chi connectivity index (χ3n) is 4.03. The predicted molar refractivity (Wildman–Crippen MR) is 78.5 cm³/mol. The molecule has 104 valence electrons. The van der Waals surface area contributed by atoms with Crippen molar-refractivity contribution >= 4 is 21.9 Å². The Morgan fingerprint density at radius 3 is 2.74 bits per heavy atom. The molecule has 0 aliphatic heterocycles. The first-order valence-electron chi connectivity index (χ1n) is 6.69. The van der Waals surface area contributed by atoms with Crippen LogP contribution in [0, 0.1) is 5.41 Å². The number of benzene rings is 1. The van der Waals surface area contributed by atoms with E-state index in [9.17, 15) is 4.79 Å². The molecule has 2 unspecified atom stereocenters. The summed E-state index contributed by atoms with van der Waals surface area (Å²) in [5, 5.41) is 0. The quantitative estimate of drug-likeness (QED) is 0.866. The second-order valence-electron chi connectivity index (χ2n) is 5.47. The Bertz CT molecular complexity index is 446. The molecule has 0 amide bonds. The van der Waals surface area contributed by atoms with Gasteiger partial charge in [0.1, 0.15) is 6.61 Å². The van der Waals surface area contributed by atoms with Crippen molar-refractivity contribution < 1.29 is 9.53 Å². The zero-order valence-corrected chi connectivity index (χ0v) is 12.8. The van der Waals surface area contributed by atoms with Crippen molar-refractivity contribution in [3.63, 3.8) is 0 Å². The lowest BCUT2D eigenvalue weighted by Gasteiger charge is -2.36. The standard InChI is InChI=1S/C15H20BrNO2/c1-15(9-3-2-4-13(15)17)14(18)19-10-11-5-7-12(16)8-6-11/h5-8,13H,2-4,9-10,17H2,1H3. The molecular weight excluding hydrogens is 306 g/mol. The number of hydrogen-bond acceptors (Lipinski definition) is 3. The highest BCUT2D eigenvalue weighted by Gasteiger charge is 2.42. The predicted octanol–water partition coefficient (Wildman–Crippen LogP) is 3.40. The minimum atomic E-state index is -0.520. The first-order valence-corrected chi connectivity index (χ1v) is 7.49. The Morgan fingerprint density at radius 1 is 1.42 bits per heavy atom. The Labute approximate surface area is 122 Å². The number of carbonyl (C=O) groups excluding carboxylic acids is 1. The van der Waals surface area contributed by atoms with Gasteiger partial charge in [-0.15, -0.1) is 0 Å². The molecule has 2 rings (SSSR count). The van der Waals surface area contributed by atoms with E-state index in [-0.39, 0.29) is 12.0 Å². The maximum atomic E-state index is 12.3. The average molecular weight is 326 g/mol. The van der Waals surface area contributed by atoms with Crippen LogP contribution in [0.25, 0.3) is 0 Å². The fourth-order valence-electron chi connectivity index (χ4n) is 2.51. The molecule has 1 aliphatic carbocycles. The number of nitrogens with two attached hydrogens (primary N) is 1. The molecule has 0 aromatic heterocycles. The second-order valence-corrected chi connectivity index (χ2v) is 6.39.